The van der Waals surface area contributed by atoms with Crippen molar-refractivity contribution in [1.82, 2.24) is 23.8 Å². The number of amides is 2. The average Bonchev–Trinajstić information content (AvgIpc) is 0.962. The second-order valence-corrected chi connectivity index (χ2v) is 28.9. The van der Waals surface area contributed by atoms with Crippen molar-refractivity contribution in [2.24, 2.45) is 5.92 Å². The Morgan fingerprint density at radius 2 is 0.875 bits per heavy atom. The van der Waals surface area contributed by atoms with E-state index in [1.165, 1.54) is 16.2 Å². The molecule has 10 aromatic rings. The lowest BCUT2D eigenvalue weighted by atomic mass is 9.80. The second kappa shape index (κ2) is 38.0. The van der Waals surface area contributed by atoms with Crippen molar-refractivity contribution in [3.63, 3.8) is 0 Å². The number of hydrogen-bond donors (Lipinski definition) is 3. The van der Waals surface area contributed by atoms with E-state index in [1.54, 1.807) is 103 Å². The van der Waals surface area contributed by atoms with Crippen molar-refractivity contribution in [2.75, 3.05) is 66.0 Å². The van der Waals surface area contributed by atoms with Crippen LogP contribution >= 0.6 is 8.53 Å². The van der Waals surface area contributed by atoms with E-state index in [4.69, 9.17) is 51.7 Å². The van der Waals surface area contributed by atoms with Crippen LogP contribution < -0.4 is 41.0 Å². The smallest absolute Gasteiger partial charge is 0.351 e. The molecular weight excluding hydrogens is 1440 g/mol. The number of aliphatic hydroxyl groups is 1. The van der Waals surface area contributed by atoms with E-state index in [0.717, 1.165) is 33.4 Å². The largest absolute Gasteiger partial charge is 0.497 e. The highest BCUT2D eigenvalue weighted by atomic mass is 31.2. The number of anilines is 2. The van der Waals surface area contributed by atoms with Gasteiger partial charge in [-0.1, -0.05) is 153 Å². The number of carbonyl (C=O) groups is 2. The molecule has 0 radical (unpaired) electrons. The first kappa shape index (κ1) is 82.2. The molecule has 0 saturated carbocycles. The maximum atomic E-state index is 14.0. The van der Waals surface area contributed by atoms with Gasteiger partial charge in [0, 0.05) is 59.8 Å². The first-order valence-electron chi connectivity index (χ1n) is 36.9. The predicted molar refractivity (Wildman–Crippen MR) is 426 cm³/mol. The Morgan fingerprint density at radius 3 is 1.23 bits per heavy atom. The summed E-state index contributed by atoms with van der Waals surface area (Å²) in [6.07, 6.45) is -2.91. The first-order chi connectivity index (χ1) is 54.2. The Hall–Kier alpha value is -10.8. The maximum Gasteiger partial charge on any atom is 0.351 e. The number of rotatable bonds is 31. The van der Waals surface area contributed by atoms with E-state index in [9.17, 15) is 29.5 Å². The van der Waals surface area contributed by atoms with Crippen molar-refractivity contribution in [2.45, 2.75) is 121 Å². The summed E-state index contributed by atoms with van der Waals surface area (Å²) in [7, 11) is 6.19. The standard InChI is InChI=1S/C48H56N5O9P.C39H39N3O7/c1-32(2)53(33(3)4)63(60-29-15-28-49)62-42-41(61-46(43(42)58-8)52-30-34(5)44(51-47(52)55)50-45(54)35-16-11-9-12-17-35)31-59-48(36-18-13-10-14-19-36,37-20-24-39(56-6)25-21-37)38-22-26-40(57-7)27-23-38;1-25-23-42(38(45)41-35(25)40-36(44)27-11-7-5-8-12-27)37-26(2)34(43)33(49-37)24-48-39(28-13-9-6-10-14-28,29-15-19-31(46-3)20-16-29)30-17-21-32(47-4)22-18-30/h9-14,16-27,30,32-33,41-43,46H,15,29,31H2,1-8H3,(H,50,51,54,55);5-23,26,33-34,37,43H,24H2,1-4H3,(H,40,41,44,45)/t41-,42+,43?,46-,63?;26?,33-,34-,37-/m11/s1. The molecule has 4 heterocycles. The topological polar surface area (TPSA) is 277 Å². The molecule has 584 valence electrons. The number of benzene rings is 8. The third-order valence-corrected chi connectivity index (χ3v) is 21.9. The molecule has 2 aliphatic heterocycles. The monoisotopic (exact) mass is 1540 g/mol. The van der Waals surface area contributed by atoms with Gasteiger partial charge in [-0.05, 0) is 148 Å². The van der Waals surface area contributed by atoms with Crippen LogP contribution in [0.25, 0.3) is 0 Å². The molecule has 24 nitrogen and oxygen atoms in total. The van der Waals surface area contributed by atoms with E-state index in [2.05, 4.69) is 59.0 Å². The minimum Gasteiger partial charge on any atom is -0.497 e. The highest BCUT2D eigenvalue weighted by Crippen LogP contribution is 2.52. The zero-order chi connectivity index (χ0) is 79.6. The minimum atomic E-state index is -1.82. The van der Waals surface area contributed by atoms with Crippen LogP contribution in [0.15, 0.2) is 240 Å². The summed E-state index contributed by atoms with van der Waals surface area (Å²) in [4.78, 5) is 61.7. The van der Waals surface area contributed by atoms with Gasteiger partial charge in [-0.2, -0.15) is 15.2 Å². The number of nitriles is 1. The zero-order valence-corrected chi connectivity index (χ0v) is 65.6. The SMILES string of the molecule is COc1ccc(C(OC[C@H]2O[C@@H](n3cc(C)c(NC(=O)c4ccccc4)nc3=O)C(C)[C@H]2O)(c2ccccc2)c2ccc(OC)cc2)cc1.COc1ccc(C(OC[C@H]2O[C@@H](n3cc(C)c(NC(=O)c4ccccc4)nc3=O)C(OC)[C@H]2OP(OCCC#N)N(C(C)C)C(C)C)(c2ccccc2)c2ccc(OC)cc2)cc1. The Labute approximate surface area is 653 Å². The normalized spacial score (nSPS) is 18.5. The molecule has 12 rings (SSSR count). The third-order valence-electron chi connectivity index (χ3n) is 19.7. The molecule has 2 amide bonds. The number of aromatic nitrogens is 4. The summed E-state index contributed by atoms with van der Waals surface area (Å²) in [5.74, 6) is 1.78. The van der Waals surface area contributed by atoms with Gasteiger partial charge in [0.1, 0.15) is 76.5 Å². The van der Waals surface area contributed by atoms with Crippen LogP contribution in [0.2, 0.25) is 0 Å². The van der Waals surface area contributed by atoms with Crippen LogP contribution in [0.1, 0.15) is 119 Å². The van der Waals surface area contributed by atoms with Crippen molar-refractivity contribution < 1.29 is 66.4 Å². The van der Waals surface area contributed by atoms with Crippen LogP contribution in [-0.4, -0.2) is 139 Å². The number of nitrogens with zero attached hydrogens (tertiary/aromatic N) is 6. The van der Waals surface area contributed by atoms with Gasteiger partial charge in [-0.3, -0.25) is 18.7 Å². The average molecular weight is 1540 g/mol. The van der Waals surface area contributed by atoms with Gasteiger partial charge in [0.2, 0.25) is 0 Å². The molecule has 8 aromatic carbocycles. The maximum absolute atomic E-state index is 14.0. The van der Waals surface area contributed by atoms with Crippen molar-refractivity contribution in [3.8, 4) is 29.1 Å². The summed E-state index contributed by atoms with van der Waals surface area (Å²) in [5, 5.41) is 26.4. The molecular formula is C87H95N8O16P. The summed E-state index contributed by atoms with van der Waals surface area (Å²) in [6.45, 7) is 13.6. The van der Waals surface area contributed by atoms with Crippen molar-refractivity contribution in [1.29, 1.82) is 5.26 Å². The van der Waals surface area contributed by atoms with Gasteiger partial charge in [0.05, 0.1) is 66.9 Å². The summed E-state index contributed by atoms with van der Waals surface area (Å²) in [6, 6.07) is 70.1. The van der Waals surface area contributed by atoms with Crippen LogP contribution in [0.4, 0.5) is 11.6 Å². The Morgan fingerprint density at radius 1 is 0.527 bits per heavy atom. The molecule has 25 heteroatoms. The first-order valence-corrected chi connectivity index (χ1v) is 38.0. The van der Waals surface area contributed by atoms with Crippen LogP contribution in [0, 0.1) is 31.1 Å². The number of aryl methyl sites for hydroxylation is 2. The molecule has 0 bridgehead atoms. The number of carbonyl (C=O) groups excluding carboxylic acids is 2. The Bertz CT molecular complexity index is 4780. The number of nitrogens with one attached hydrogen (secondary N) is 2. The molecule has 112 heavy (non-hydrogen) atoms. The Kier molecular flexibility index (Phi) is 27.9. The van der Waals surface area contributed by atoms with E-state index >= 15 is 0 Å². The van der Waals surface area contributed by atoms with Crippen LogP contribution in [0.3, 0.4) is 0 Å². The van der Waals surface area contributed by atoms with Gasteiger partial charge >= 0.3 is 11.4 Å². The molecule has 0 aliphatic carbocycles. The predicted octanol–water partition coefficient (Wildman–Crippen LogP) is 14.1. The highest BCUT2D eigenvalue weighted by Gasteiger charge is 2.52. The number of aliphatic hydroxyl groups excluding tert-OH is 1. The van der Waals surface area contributed by atoms with Crippen molar-refractivity contribution in [3.05, 3.63) is 307 Å². The van der Waals surface area contributed by atoms with Gasteiger partial charge in [-0.25, -0.2) is 14.3 Å². The fraction of sp³-hybridized carbons (Fsp3) is 0.322. The van der Waals surface area contributed by atoms with Gasteiger partial charge in [0.15, 0.2) is 6.23 Å². The van der Waals surface area contributed by atoms with Gasteiger partial charge in [-0.15, -0.1) is 0 Å². The molecule has 3 unspecified atom stereocenters. The van der Waals surface area contributed by atoms with E-state index in [-0.39, 0.29) is 55.9 Å². The fourth-order valence-electron chi connectivity index (χ4n) is 14.0. The number of methoxy groups -OCH3 is 5. The molecule has 2 aromatic heterocycles. The van der Waals surface area contributed by atoms with E-state index in [0.29, 0.717) is 45.3 Å². The lowest BCUT2D eigenvalue weighted by Gasteiger charge is -2.39. The number of ether oxygens (including phenoxy) is 9. The minimum absolute atomic E-state index is 0.00371. The quantitative estimate of drug-likeness (QED) is 0.0207. The van der Waals surface area contributed by atoms with E-state index < -0.39 is 85.9 Å². The summed E-state index contributed by atoms with van der Waals surface area (Å²) >= 11 is 0. The molecule has 9 atom stereocenters. The van der Waals surface area contributed by atoms with Gasteiger partial charge < -0.3 is 67.4 Å². The lowest BCUT2D eigenvalue weighted by molar-refractivity contribution is -0.0957. The third kappa shape index (κ3) is 18.4. The Balaban J connectivity index is 0.000000228. The number of hydrogen-bond acceptors (Lipinski definition) is 20. The molecule has 2 aliphatic rings. The highest BCUT2D eigenvalue weighted by molar-refractivity contribution is 7.44. The van der Waals surface area contributed by atoms with Gasteiger partial charge in [0.25, 0.3) is 20.3 Å². The molecule has 3 N–H and O–H groups in total. The van der Waals surface area contributed by atoms with Crippen LogP contribution in [-0.2, 0) is 43.9 Å². The summed E-state index contributed by atoms with van der Waals surface area (Å²) in [5.41, 5.74) is 3.35. The lowest BCUT2D eigenvalue weighted by Crippen LogP contribution is -2.43. The fourth-order valence-corrected chi connectivity index (χ4v) is 15.8. The summed E-state index contributed by atoms with van der Waals surface area (Å²) < 4.78 is 74.1. The molecule has 2 saturated heterocycles. The molecule has 0 spiro atoms. The zero-order valence-electron chi connectivity index (χ0n) is 64.7. The molecule has 2 fully saturated rings. The van der Waals surface area contributed by atoms with E-state index in [1.807, 2.05) is 177 Å². The van der Waals surface area contributed by atoms with Crippen LogP contribution in [0.5, 0.6) is 23.0 Å². The van der Waals surface area contributed by atoms with Crippen molar-refractivity contribution >= 4 is 32.0 Å². The second-order valence-electron chi connectivity index (χ2n) is 27.5.